The normalized spacial score (nSPS) is 12.4. The van der Waals surface area contributed by atoms with Crippen molar-refractivity contribution in [1.82, 2.24) is 15.5 Å². The molecule has 0 radical (unpaired) electrons. The summed E-state index contributed by atoms with van der Waals surface area (Å²) in [6.45, 7) is 11.6. The van der Waals surface area contributed by atoms with Crippen LogP contribution in [0.4, 0.5) is 4.79 Å². The molecule has 0 aliphatic heterocycles. The van der Waals surface area contributed by atoms with Gasteiger partial charge in [0.2, 0.25) is 11.8 Å². The molecule has 2 aromatic rings. The van der Waals surface area contributed by atoms with Crippen molar-refractivity contribution in [3.63, 3.8) is 0 Å². The van der Waals surface area contributed by atoms with E-state index in [-0.39, 0.29) is 18.9 Å². The quantitative estimate of drug-likeness (QED) is 0.241. The molecular formula is C31H39N3O4. The van der Waals surface area contributed by atoms with E-state index in [2.05, 4.69) is 23.1 Å². The first-order valence-electron chi connectivity index (χ1n) is 12.9. The molecule has 0 saturated heterocycles. The molecule has 38 heavy (non-hydrogen) atoms. The predicted molar refractivity (Wildman–Crippen MR) is 150 cm³/mol. The Morgan fingerprint density at radius 1 is 1.11 bits per heavy atom. The molecule has 0 aliphatic carbocycles. The molecule has 7 heteroatoms. The highest BCUT2D eigenvalue weighted by Crippen LogP contribution is 2.26. The van der Waals surface area contributed by atoms with Crippen LogP contribution in [0, 0.1) is 12.3 Å². The second kappa shape index (κ2) is 14.6. The Morgan fingerprint density at radius 2 is 1.76 bits per heavy atom. The van der Waals surface area contributed by atoms with Crippen LogP contribution in [-0.2, 0) is 20.7 Å². The molecule has 3 amide bonds. The summed E-state index contributed by atoms with van der Waals surface area (Å²) in [6, 6.07) is 14.4. The molecule has 0 saturated carbocycles. The molecule has 202 valence electrons. The largest absolute Gasteiger partial charge is 0.444 e. The minimum atomic E-state index is -1.02. The van der Waals surface area contributed by atoms with Crippen molar-refractivity contribution in [3.05, 3.63) is 83.9 Å². The third-order valence-corrected chi connectivity index (χ3v) is 5.68. The maximum absolute atomic E-state index is 14.2. The van der Waals surface area contributed by atoms with Crippen LogP contribution in [0.15, 0.2) is 67.3 Å². The van der Waals surface area contributed by atoms with Gasteiger partial charge in [0.1, 0.15) is 17.7 Å². The van der Waals surface area contributed by atoms with Crippen molar-refractivity contribution in [2.45, 2.75) is 64.6 Å². The molecule has 0 heterocycles. The smallest absolute Gasteiger partial charge is 0.408 e. The summed E-state index contributed by atoms with van der Waals surface area (Å²) in [5, 5.41) is 5.67. The first-order valence-corrected chi connectivity index (χ1v) is 12.9. The van der Waals surface area contributed by atoms with E-state index in [9.17, 15) is 14.4 Å². The Kier molecular flexibility index (Phi) is 11.6. The number of rotatable bonds is 12. The summed E-state index contributed by atoms with van der Waals surface area (Å²) >= 11 is 0. The summed E-state index contributed by atoms with van der Waals surface area (Å²) in [6.07, 6.45) is 8.49. The van der Waals surface area contributed by atoms with Crippen LogP contribution >= 0.6 is 0 Å². The lowest BCUT2D eigenvalue weighted by Crippen LogP contribution is -2.54. The van der Waals surface area contributed by atoms with E-state index in [1.165, 1.54) is 4.90 Å². The van der Waals surface area contributed by atoms with Gasteiger partial charge in [0.25, 0.3) is 0 Å². The first-order chi connectivity index (χ1) is 18.1. The van der Waals surface area contributed by atoms with Gasteiger partial charge < -0.3 is 20.3 Å². The van der Waals surface area contributed by atoms with Crippen molar-refractivity contribution < 1.29 is 19.1 Å². The van der Waals surface area contributed by atoms with Gasteiger partial charge in [0.15, 0.2) is 0 Å². The summed E-state index contributed by atoms with van der Waals surface area (Å²) in [4.78, 5) is 41.9. The lowest BCUT2D eigenvalue weighted by Gasteiger charge is -2.34. The summed E-state index contributed by atoms with van der Waals surface area (Å²) in [7, 11) is 0. The average Bonchev–Trinajstić information content (AvgIpc) is 2.87. The number of amides is 3. The van der Waals surface area contributed by atoms with Gasteiger partial charge in [-0.3, -0.25) is 9.59 Å². The topological polar surface area (TPSA) is 87.7 Å². The van der Waals surface area contributed by atoms with Gasteiger partial charge in [-0.05, 0) is 44.4 Å². The lowest BCUT2D eigenvalue weighted by atomic mass is 9.96. The Labute approximate surface area is 226 Å². The van der Waals surface area contributed by atoms with Crippen LogP contribution in [0.25, 0.3) is 0 Å². The third-order valence-electron chi connectivity index (χ3n) is 5.68. The minimum absolute atomic E-state index is 0.0604. The number of hydrogen-bond donors (Lipinski definition) is 2. The van der Waals surface area contributed by atoms with Crippen LogP contribution < -0.4 is 10.6 Å². The molecule has 0 aliphatic rings. The van der Waals surface area contributed by atoms with Crippen LogP contribution in [-0.4, -0.2) is 47.5 Å². The van der Waals surface area contributed by atoms with Crippen LogP contribution in [0.2, 0.25) is 0 Å². The molecule has 2 N–H and O–H groups in total. The van der Waals surface area contributed by atoms with Crippen LogP contribution in [0.5, 0.6) is 0 Å². The molecule has 2 rings (SSSR count). The van der Waals surface area contributed by atoms with Gasteiger partial charge in [0, 0.05) is 25.1 Å². The van der Waals surface area contributed by atoms with E-state index in [1.807, 2.05) is 37.3 Å². The van der Waals surface area contributed by atoms with Crippen molar-refractivity contribution in [1.29, 1.82) is 0 Å². The number of unbranched alkanes of at least 4 members (excludes halogenated alkanes) is 1. The van der Waals surface area contributed by atoms with Gasteiger partial charge >= 0.3 is 6.09 Å². The van der Waals surface area contributed by atoms with Crippen molar-refractivity contribution in [2.24, 2.45) is 0 Å². The Balaban J connectivity index is 2.54. The van der Waals surface area contributed by atoms with Crippen LogP contribution in [0.1, 0.15) is 63.3 Å². The first kappa shape index (κ1) is 30.2. The molecule has 2 aromatic carbocycles. The van der Waals surface area contributed by atoms with Crippen LogP contribution in [0.3, 0.4) is 0 Å². The van der Waals surface area contributed by atoms with Gasteiger partial charge in [-0.25, -0.2) is 4.79 Å². The Bertz CT molecular complexity index is 1130. The van der Waals surface area contributed by atoms with Crippen molar-refractivity contribution >= 4 is 17.9 Å². The van der Waals surface area contributed by atoms with Crippen molar-refractivity contribution in [3.8, 4) is 12.3 Å². The zero-order chi connectivity index (χ0) is 28.1. The molecular weight excluding hydrogens is 478 g/mol. The number of nitrogens with zero attached hydrogens (tertiary/aromatic N) is 1. The number of ether oxygens (including phenoxy) is 1. The third kappa shape index (κ3) is 9.11. The number of hydrogen-bond acceptors (Lipinski definition) is 4. The lowest BCUT2D eigenvalue weighted by molar-refractivity contribution is -0.141. The van der Waals surface area contributed by atoms with E-state index in [0.29, 0.717) is 17.7 Å². The fourth-order valence-corrected chi connectivity index (χ4v) is 3.96. The number of carbonyl (C=O) groups is 3. The maximum atomic E-state index is 14.2. The van der Waals surface area contributed by atoms with E-state index >= 15 is 0 Å². The molecule has 2 atom stereocenters. The number of carbonyl (C=O) groups excluding carboxylic acids is 3. The maximum Gasteiger partial charge on any atom is 0.408 e. The predicted octanol–water partition coefficient (Wildman–Crippen LogP) is 4.78. The van der Waals surface area contributed by atoms with E-state index in [1.54, 1.807) is 51.1 Å². The summed E-state index contributed by atoms with van der Waals surface area (Å²) < 4.78 is 5.44. The number of benzene rings is 2. The monoisotopic (exact) mass is 517 g/mol. The fourth-order valence-electron chi connectivity index (χ4n) is 3.96. The zero-order valence-corrected chi connectivity index (χ0v) is 22.8. The zero-order valence-electron chi connectivity index (χ0n) is 22.8. The number of terminal acetylenes is 1. The minimum Gasteiger partial charge on any atom is -0.444 e. The highest BCUT2D eigenvalue weighted by molar-refractivity contribution is 5.92. The van der Waals surface area contributed by atoms with Gasteiger partial charge in [-0.2, -0.15) is 0 Å². The fraction of sp³-hybridized carbons (Fsp3) is 0.387. The Hall–Kier alpha value is -4.05. The average molecular weight is 518 g/mol. The molecule has 0 aromatic heterocycles. The second-order valence-electron chi connectivity index (χ2n) is 9.95. The standard InChI is InChI=1S/C31H39N3O4/c1-7-10-20-32-28(35)27(25-19-15-14-18-24(25)9-3)34(21-8-2)29(36)26(22-23-16-12-11-13-17-23)33-30(37)38-31(4,5)6/h3,8,11-19,26-27H,2,7,10,20-22H2,1,4-6H3,(H,32,35)(H,33,37). The second-order valence-corrected chi connectivity index (χ2v) is 9.95. The van der Waals surface area contributed by atoms with Gasteiger partial charge in [0.05, 0.1) is 0 Å². The van der Waals surface area contributed by atoms with E-state index in [4.69, 9.17) is 11.2 Å². The van der Waals surface area contributed by atoms with Gasteiger partial charge in [-0.1, -0.05) is 73.9 Å². The Morgan fingerprint density at radius 3 is 2.37 bits per heavy atom. The molecule has 0 bridgehead atoms. The van der Waals surface area contributed by atoms with E-state index in [0.717, 1.165) is 18.4 Å². The molecule has 2 unspecified atom stereocenters. The molecule has 0 spiro atoms. The van der Waals surface area contributed by atoms with Crippen molar-refractivity contribution in [2.75, 3.05) is 13.1 Å². The SMILES string of the molecule is C#Cc1ccccc1C(C(=O)NCCCC)N(CC=C)C(=O)C(Cc1ccccc1)NC(=O)OC(C)(C)C. The highest BCUT2D eigenvalue weighted by atomic mass is 16.6. The number of nitrogens with one attached hydrogen (secondary N) is 2. The van der Waals surface area contributed by atoms with Gasteiger partial charge in [-0.15, -0.1) is 13.0 Å². The van der Waals surface area contributed by atoms with E-state index < -0.39 is 29.7 Å². The molecule has 7 nitrogen and oxygen atoms in total. The molecule has 0 fully saturated rings. The highest BCUT2D eigenvalue weighted by Gasteiger charge is 2.36. The number of alkyl carbamates (subject to hydrolysis) is 1. The summed E-state index contributed by atoms with van der Waals surface area (Å²) in [5.74, 6) is 1.82. The summed E-state index contributed by atoms with van der Waals surface area (Å²) in [5.41, 5.74) is 1.12.